The summed E-state index contributed by atoms with van der Waals surface area (Å²) in [5.41, 5.74) is -0.502. The van der Waals surface area contributed by atoms with Gasteiger partial charge >= 0.3 is 6.09 Å². The molecule has 28 heavy (non-hydrogen) atoms. The lowest BCUT2D eigenvalue weighted by Gasteiger charge is -2.25. The van der Waals surface area contributed by atoms with Gasteiger partial charge in [0, 0.05) is 25.2 Å². The number of carbonyl (C=O) groups excluding carboxylic acids is 2. The monoisotopic (exact) mass is 412 g/mol. The highest BCUT2D eigenvalue weighted by Crippen LogP contribution is 2.38. The summed E-state index contributed by atoms with van der Waals surface area (Å²) in [6.07, 6.45) is 1.38. The number of likely N-dealkylation sites (tertiary alicyclic amines) is 1. The number of rotatable bonds is 4. The summed E-state index contributed by atoms with van der Waals surface area (Å²) in [7, 11) is 0. The minimum absolute atomic E-state index is 0.00900. The van der Waals surface area contributed by atoms with Gasteiger partial charge in [-0.15, -0.1) is 0 Å². The molecule has 2 amide bonds. The first-order valence-corrected chi connectivity index (χ1v) is 9.83. The van der Waals surface area contributed by atoms with Crippen LogP contribution in [0, 0.1) is 17.7 Å². The van der Waals surface area contributed by atoms with Crippen LogP contribution in [-0.4, -0.2) is 48.2 Å². The van der Waals surface area contributed by atoms with Gasteiger partial charge in [0.25, 0.3) is 5.91 Å². The molecule has 2 atom stereocenters. The topological polar surface area (TPSA) is 67.9 Å². The first-order chi connectivity index (χ1) is 13.1. The summed E-state index contributed by atoms with van der Waals surface area (Å²) in [6, 6.07) is 4.12. The van der Waals surface area contributed by atoms with E-state index in [9.17, 15) is 14.0 Å². The average Bonchev–Trinajstić information content (AvgIpc) is 3.13. The highest BCUT2D eigenvalue weighted by Gasteiger charge is 2.43. The van der Waals surface area contributed by atoms with Crippen molar-refractivity contribution in [3.63, 3.8) is 0 Å². The minimum Gasteiger partial charge on any atom is -0.484 e. The Bertz CT molecular complexity index is 738. The second kappa shape index (κ2) is 8.15. The van der Waals surface area contributed by atoms with Crippen LogP contribution in [0.25, 0.3) is 0 Å². The molecule has 3 rings (SSSR count). The molecule has 0 bridgehead atoms. The van der Waals surface area contributed by atoms with Crippen molar-refractivity contribution < 1.29 is 23.5 Å². The smallest absolute Gasteiger partial charge is 0.410 e. The maximum Gasteiger partial charge on any atom is 0.410 e. The van der Waals surface area contributed by atoms with Crippen LogP contribution in [0.3, 0.4) is 0 Å². The van der Waals surface area contributed by atoms with Gasteiger partial charge in [-0.2, -0.15) is 0 Å². The molecule has 0 unspecified atom stereocenters. The molecule has 1 heterocycles. The molecule has 0 spiro atoms. The number of hydrogen-bond acceptors (Lipinski definition) is 4. The molecule has 0 radical (unpaired) electrons. The van der Waals surface area contributed by atoms with Crippen molar-refractivity contribution in [1.82, 2.24) is 10.2 Å². The van der Waals surface area contributed by atoms with Gasteiger partial charge in [-0.05, 0) is 57.6 Å². The van der Waals surface area contributed by atoms with E-state index in [4.69, 9.17) is 21.1 Å². The van der Waals surface area contributed by atoms with E-state index >= 15 is 0 Å². The maximum atomic E-state index is 13.4. The number of hydrogen-bond donors (Lipinski definition) is 1. The van der Waals surface area contributed by atoms with Crippen LogP contribution in [0.5, 0.6) is 5.75 Å². The van der Waals surface area contributed by atoms with Crippen molar-refractivity contribution in [2.75, 3.05) is 19.7 Å². The normalized spacial score (nSPS) is 22.1. The zero-order valence-corrected chi connectivity index (χ0v) is 17.1. The predicted molar refractivity (Wildman–Crippen MR) is 103 cm³/mol. The van der Waals surface area contributed by atoms with E-state index in [1.54, 1.807) is 4.90 Å². The number of benzene rings is 1. The summed E-state index contributed by atoms with van der Waals surface area (Å²) in [5.74, 6) is 0.156. The molecule has 6 nitrogen and oxygen atoms in total. The zero-order valence-electron chi connectivity index (χ0n) is 16.3. The molecule has 1 N–H and O–H groups in total. The second-order valence-corrected chi connectivity index (χ2v) is 8.91. The molecule has 1 aliphatic carbocycles. The van der Waals surface area contributed by atoms with Crippen LogP contribution in [0.2, 0.25) is 5.02 Å². The van der Waals surface area contributed by atoms with Gasteiger partial charge in [0.15, 0.2) is 6.61 Å². The highest BCUT2D eigenvalue weighted by atomic mass is 35.5. The molecule has 1 saturated carbocycles. The average molecular weight is 413 g/mol. The Labute approximate surface area is 169 Å². The Morgan fingerprint density at radius 1 is 1.25 bits per heavy atom. The summed E-state index contributed by atoms with van der Waals surface area (Å²) in [5, 5.41) is 2.98. The minimum atomic E-state index is -0.585. The second-order valence-electron chi connectivity index (χ2n) is 8.51. The van der Waals surface area contributed by atoms with Gasteiger partial charge in [-0.25, -0.2) is 9.18 Å². The number of nitrogens with one attached hydrogen (secondary N) is 1. The van der Waals surface area contributed by atoms with E-state index in [1.807, 2.05) is 20.8 Å². The van der Waals surface area contributed by atoms with E-state index in [1.165, 1.54) is 12.1 Å². The Hall–Kier alpha value is -2.02. The summed E-state index contributed by atoms with van der Waals surface area (Å²) >= 11 is 5.62. The van der Waals surface area contributed by atoms with E-state index < -0.39 is 11.4 Å². The first kappa shape index (κ1) is 20.7. The molecular formula is C20H26ClFN2O4. The van der Waals surface area contributed by atoms with E-state index in [2.05, 4.69) is 5.32 Å². The fraction of sp³-hybridized carbons (Fsp3) is 0.600. The Morgan fingerprint density at radius 2 is 1.89 bits per heavy atom. The predicted octanol–water partition coefficient (Wildman–Crippen LogP) is 3.62. The van der Waals surface area contributed by atoms with Crippen LogP contribution in [0.15, 0.2) is 18.2 Å². The summed E-state index contributed by atoms with van der Waals surface area (Å²) in [4.78, 5) is 26.1. The van der Waals surface area contributed by atoms with Crippen LogP contribution in [0.1, 0.15) is 33.6 Å². The number of fused-ring (bicyclic) bond motifs is 1. The molecule has 1 aromatic rings. The van der Waals surface area contributed by atoms with Crippen LogP contribution >= 0.6 is 11.6 Å². The number of ether oxygens (including phenoxy) is 2. The largest absolute Gasteiger partial charge is 0.484 e. The van der Waals surface area contributed by atoms with Crippen molar-refractivity contribution in [2.24, 2.45) is 11.8 Å². The number of nitrogens with zero attached hydrogens (tertiary/aromatic N) is 1. The molecule has 0 aromatic heterocycles. The van der Waals surface area contributed by atoms with Gasteiger partial charge in [0.05, 0.1) is 5.02 Å². The fourth-order valence-electron chi connectivity index (χ4n) is 3.88. The molecular weight excluding hydrogens is 387 g/mol. The lowest BCUT2D eigenvalue weighted by Crippen LogP contribution is -2.39. The van der Waals surface area contributed by atoms with Gasteiger partial charge in [-0.1, -0.05) is 11.6 Å². The SMILES string of the molecule is CC(C)(C)OC(=O)N1C[C@H]2CC(NC(=O)COc3ccc(Cl)c(F)c3)C[C@@H]2C1. The van der Waals surface area contributed by atoms with Crippen LogP contribution in [0.4, 0.5) is 9.18 Å². The van der Waals surface area contributed by atoms with Crippen LogP contribution < -0.4 is 10.1 Å². The molecule has 154 valence electrons. The third-order valence-corrected chi connectivity index (χ3v) is 5.34. The molecule has 8 heteroatoms. The summed E-state index contributed by atoms with van der Waals surface area (Å²) < 4.78 is 24.1. The van der Waals surface area contributed by atoms with Crippen molar-refractivity contribution in [3.05, 3.63) is 29.0 Å². The lowest BCUT2D eigenvalue weighted by molar-refractivity contribution is -0.123. The van der Waals surface area contributed by atoms with Crippen molar-refractivity contribution in [3.8, 4) is 5.75 Å². The third kappa shape index (κ3) is 5.28. The van der Waals surface area contributed by atoms with E-state index in [0.717, 1.165) is 18.9 Å². The highest BCUT2D eigenvalue weighted by molar-refractivity contribution is 6.30. The van der Waals surface area contributed by atoms with E-state index in [0.29, 0.717) is 24.9 Å². The van der Waals surface area contributed by atoms with Crippen molar-refractivity contribution in [2.45, 2.75) is 45.3 Å². The number of halogens is 2. The van der Waals surface area contributed by atoms with Gasteiger partial charge < -0.3 is 19.7 Å². The zero-order chi connectivity index (χ0) is 20.5. The molecule has 2 aliphatic rings. The van der Waals surface area contributed by atoms with E-state index in [-0.39, 0.29) is 35.4 Å². The Morgan fingerprint density at radius 3 is 2.46 bits per heavy atom. The standard InChI is InChI=1S/C20H26ClFN2O4/c1-20(2,3)28-19(26)24-9-12-6-14(7-13(12)10-24)23-18(25)11-27-15-4-5-16(21)17(22)8-15/h4-5,8,12-14H,6-7,9-11H2,1-3H3,(H,23,25)/t12-,13-/m1/s1. The first-order valence-electron chi connectivity index (χ1n) is 9.46. The fourth-order valence-corrected chi connectivity index (χ4v) is 4.00. The van der Waals surface area contributed by atoms with Crippen molar-refractivity contribution in [1.29, 1.82) is 0 Å². The van der Waals surface area contributed by atoms with Crippen LogP contribution in [-0.2, 0) is 9.53 Å². The lowest BCUT2D eigenvalue weighted by atomic mass is 10.0. The molecule has 1 saturated heterocycles. The van der Waals surface area contributed by atoms with Gasteiger partial charge in [0.1, 0.15) is 17.2 Å². The molecule has 2 fully saturated rings. The maximum absolute atomic E-state index is 13.4. The Balaban J connectivity index is 1.42. The molecule has 1 aliphatic heterocycles. The quantitative estimate of drug-likeness (QED) is 0.820. The third-order valence-electron chi connectivity index (χ3n) is 5.03. The Kier molecular flexibility index (Phi) is 6.03. The van der Waals surface area contributed by atoms with Gasteiger partial charge in [-0.3, -0.25) is 4.79 Å². The number of carbonyl (C=O) groups is 2. The summed E-state index contributed by atoms with van der Waals surface area (Å²) in [6.45, 7) is 6.70. The molecule has 1 aromatic carbocycles. The number of amides is 2. The van der Waals surface area contributed by atoms with Crippen molar-refractivity contribution >= 4 is 23.6 Å². The van der Waals surface area contributed by atoms with Gasteiger partial charge in [0.2, 0.25) is 0 Å².